The predicted molar refractivity (Wildman–Crippen MR) is 148 cm³/mol. The van der Waals surface area contributed by atoms with Crippen LogP contribution in [-0.2, 0) is 16.1 Å². The molecule has 212 valence electrons. The van der Waals surface area contributed by atoms with E-state index in [1.807, 2.05) is 86.0 Å². The van der Waals surface area contributed by atoms with Crippen molar-refractivity contribution in [3.63, 3.8) is 0 Å². The van der Waals surface area contributed by atoms with Crippen molar-refractivity contribution in [3.05, 3.63) is 54.1 Å². The number of rotatable bonds is 7. The van der Waals surface area contributed by atoms with E-state index in [4.69, 9.17) is 0 Å². The maximum atomic E-state index is 13.4. The van der Waals surface area contributed by atoms with Crippen molar-refractivity contribution in [2.45, 2.75) is 65.2 Å². The van der Waals surface area contributed by atoms with Crippen LogP contribution in [0.15, 0.2) is 48.5 Å². The van der Waals surface area contributed by atoms with E-state index >= 15 is 0 Å². The number of alkyl halides is 3. The van der Waals surface area contributed by atoms with E-state index in [2.05, 4.69) is 5.32 Å². The molecule has 2 fully saturated rings. The van der Waals surface area contributed by atoms with Crippen LogP contribution in [0.1, 0.15) is 52.5 Å². The molecule has 6 nitrogen and oxygen atoms in total. The Kier molecular flexibility index (Phi) is 8.47. The van der Waals surface area contributed by atoms with Gasteiger partial charge in [-0.3, -0.25) is 9.59 Å². The largest absolute Gasteiger partial charge is 0.391 e. The number of likely N-dealkylation sites (tertiary alicyclic amines) is 1. The maximum Gasteiger partial charge on any atom is 0.391 e. The van der Waals surface area contributed by atoms with E-state index in [-0.39, 0.29) is 42.5 Å². The Morgan fingerprint density at radius 2 is 1.54 bits per heavy atom. The van der Waals surface area contributed by atoms with Crippen LogP contribution in [0.4, 0.5) is 30.2 Å². The van der Waals surface area contributed by atoms with E-state index in [9.17, 15) is 22.8 Å². The van der Waals surface area contributed by atoms with Crippen molar-refractivity contribution in [2.24, 2.45) is 11.8 Å². The lowest BCUT2D eigenvalue weighted by Crippen LogP contribution is -2.48. The third-order valence-corrected chi connectivity index (χ3v) is 7.79. The van der Waals surface area contributed by atoms with Crippen molar-refractivity contribution in [2.75, 3.05) is 36.4 Å². The zero-order valence-electron chi connectivity index (χ0n) is 23.2. The molecule has 2 amide bonds. The van der Waals surface area contributed by atoms with Crippen molar-refractivity contribution < 1.29 is 22.8 Å². The first kappa shape index (κ1) is 28.8. The fourth-order valence-electron chi connectivity index (χ4n) is 5.37. The molecule has 2 heterocycles. The number of benzene rings is 2. The Morgan fingerprint density at radius 1 is 0.974 bits per heavy atom. The molecule has 2 aromatic carbocycles. The fourth-order valence-corrected chi connectivity index (χ4v) is 5.37. The van der Waals surface area contributed by atoms with Crippen LogP contribution < -0.4 is 10.2 Å². The number of nitrogens with zero attached hydrogens (tertiary/aromatic N) is 3. The number of hydrogen-bond donors (Lipinski definition) is 1. The summed E-state index contributed by atoms with van der Waals surface area (Å²) in [7, 11) is 0. The van der Waals surface area contributed by atoms with Gasteiger partial charge in [-0.05, 0) is 82.5 Å². The first-order valence-corrected chi connectivity index (χ1v) is 13.7. The molecule has 2 aromatic rings. The summed E-state index contributed by atoms with van der Waals surface area (Å²) in [5.74, 6) is -1.46. The zero-order valence-corrected chi connectivity index (χ0v) is 23.2. The molecule has 0 aliphatic carbocycles. The molecule has 0 bridgehead atoms. The molecule has 2 aliphatic heterocycles. The first-order chi connectivity index (χ1) is 18.3. The van der Waals surface area contributed by atoms with Crippen LogP contribution in [0.2, 0.25) is 0 Å². The highest BCUT2D eigenvalue weighted by molar-refractivity contribution is 5.89. The van der Waals surface area contributed by atoms with Gasteiger partial charge in [0.2, 0.25) is 11.8 Å². The van der Waals surface area contributed by atoms with Crippen molar-refractivity contribution >= 4 is 28.9 Å². The van der Waals surface area contributed by atoms with Gasteiger partial charge in [0.25, 0.3) is 0 Å². The molecule has 0 saturated carbocycles. The fraction of sp³-hybridized carbons (Fsp3) is 0.533. The highest BCUT2D eigenvalue weighted by Gasteiger charge is 2.41. The van der Waals surface area contributed by atoms with Gasteiger partial charge in [0.05, 0.1) is 11.8 Å². The van der Waals surface area contributed by atoms with E-state index in [0.717, 1.165) is 22.6 Å². The first-order valence-electron chi connectivity index (χ1n) is 13.7. The molecule has 1 atom stereocenters. The predicted octanol–water partition coefficient (Wildman–Crippen LogP) is 6.20. The summed E-state index contributed by atoms with van der Waals surface area (Å²) >= 11 is 0. The van der Waals surface area contributed by atoms with Gasteiger partial charge in [0.15, 0.2) is 0 Å². The third kappa shape index (κ3) is 7.05. The minimum Gasteiger partial charge on any atom is -0.372 e. The summed E-state index contributed by atoms with van der Waals surface area (Å²) in [5.41, 5.74) is 3.31. The smallest absolute Gasteiger partial charge is 0.372 e. The lowest BCUT2D eigenvalue weighted by atomic mass is 9.96. The lowest BCUT2D eigenvalue weighted by molar-refractivity contribution is -0.179. The van der Waals surface area contributed by atoms with Crippen LogP contribution in [0.3, 0.4) is 0 Å². The van der Waals surface area contributed by atoms with Crippen molar-refractivity contribution in [1.82, 2.24) is 9.80 Å². The molecule has 0 spiro atoms. The van der Waals surface area contributed by atoms with Crippen LogP contribution in [-0.4, -0.2) is 59.5 Å². The van der Waals surface area contributed by atoms with Gasteiger partial charge in [-0.25, -0.2) is 0 Å². The molecule has 0 aromatic heterocycles. The van der Waals surface area contributed by atoms with Crippen LogP contribution in [0.5, 0.6) is 0 Å². The Hall–Kier alpha value is -3.23. The number of halogens is 3. The molecular weight excluding hydrogens is 505 g/mol. The second-order valence-electron chi connectivity index (χ2n) is 11.6. The van der Waals surface area contributed by atoms with Gasteiger partial charge in [-0.1, -0.05) is 12.1 Å². The Balaban J connectivity index is 1.35. The van der Waals surface area contributed by atoms with E-state index < -0.39 is 12.1 Å². The lowest BCUT2D eigenvalue weighted by Gasteiger charge is -2.37. The van der Waals surface area contributed by atoms with Crippen molar-refractivity contribution in [1.29, 1.82) is 0 Å². The minimum atomic E-state index is -4.11. The highest BCUT2D eigenvalue weighted by atomic mass is 19.4. The molecule has 9 heteroatoms. The molecule has 2 saturated heterocycles. The van der Waals surface area contributed by atoms with Crippen LogP contribution in [0.25, 0.3) is 0 Å². The van der Waals surface area contributed by atoms with Crippen molar-refractivity contribution in [3.8, 4) is 0 Å². The summed E-state index contributed by atoms with van der Waals surface area (Å²) < 4.78 is 38.9. The Labute approximate surface area is 229 Å². The molecule has 0 radical (unpaired) electrons. The second-order valence-corrected chi connectivity index (χ2v) is 11.6. The molecule has 1 N–H and O–H groups in total. The average molecular weight is 545 g/mol. The highest BCUT2D eigenvalue weighted by Crippen LogP contribution is 2.35. The number of carbonyl (C=O) groups excluding carboxylic acids is 2. The summed E-state index contributed by atoms with van der Waals surface area (Å²) in [6.07, 6.45) is -3.58. The van der Waals surface area contributed by atoms with Gasteiger partial charge in [0, 0.05) is 61.7 Å². The summed E-state index contributed by atoms with van der Waals surface area (Å²) in [4.78, 5) is 31.2. The monoisotopic (exact) mass is 544 g/mol. The molecule has 2 aliphatic rings. The topological polar surface area (TPSA) is 55.9 Å². The summed E-state index contributed by atoms with van der Waals surface area (Å²) in [6.45, 7) is 10.3. The molecule has 1 unspecified atom stereocenters. The van der Waals surface area contributed by atoms with Gasteiger partial charge < -0.3 is 20.0 Å². The van der Waals surface area contributed by atoms with Crippen LogP contribution >= 0.6 is 0 Å². The normalized spacial score (nSPS) is 18.9. The van der Waals surface area contributed by atoms with E-state index in [1.54, 1.807) is 4.90 Å². The Bertz CT molecular complexity index is 1130. The SMILES string of the molecule is CCN1CC(C(=O)N(Cc2ccc(Nc3ccc(N4CCC(C(F)(F)F)CC4)cc3)cc2)C(C)(C)C)CC1=O. The quantitative estimate of drug-likeness (QED) is 0.451. The van der Waals surface area contributed by atoms with Gasteiger partial charge in [-0.2, -0.15) is 13.2 Å². The van der Waals surface area contributed by atoms with E-state index in [1.165, 1.54) is 0 Å². The number of amides is 2. The molecule has 39 heavy (non-hydrogen) atoms. The number of hydrogen-bond acceptors (Lipinski definition) is 4. The second kappa shape index (κ2) is 11.5. The molecule has 4 rings (SSSR count). The number of anilines is 3. The zero-order chi connectivity index (χ0) is 28.4. The summed E-state index contributed by atoms with van der Waals surface area (Å²) in [5, 5.41) is 3.36. The number of carbonyl (C=O) groups is 2. The van der Waals surface area contributed by atoms with Gasteiger partial charge >= 0.3 is 6.18 Å². The third-order valence-electron chi connectivity index (χ3n) is 7.79. The van der Waals surface area contributed by atoms with Gasteiger partial charge in [-0.15, -0.1) is 0 Å². The number of nitrogens with one attached hydrogen (secondary N) is 1. The maximum absolute atomic E-state index is 13.4. The van der Waals surface area contributed by atoms with Gasteiger partial charge in [0.1, 0.15) is 0 Å². The Morgan fingerprint density at radius 3 is 2.03 bits per heavy atom. The minimum absolute atomic E-state index is 0.0109. The number of piperidine rings is 1. The summed E-state index contributed by atoms with van der Waals surface area (Å²) in [6, 6.07) is 15.7. The standard InChI is InChI=1S/C30H39F3N4O2/c1-5-35-20-22(18-27(35)38)28(39)37(29(2,3)4)19-21-6-8-24(9-7-21)34-25-10-12-26(13-11-25)36-16-14-23(15-17-36)30(31,32)33/h6-13,22-23,34H,5,14-20H2,1-4H3. The molecular formula is C30H39F3N4O2. The average Bonchev–Trinajstić information content (AvgIpc) is 3.28. The van der Waals surface area contributed by atoms with E-state index in [0.29, 0.717) is 32.7 Å². The van der Waals surface area contributed by atoms with Crippen LogP contribution in [0, 0.1) is 11.8 Å².